The lowest BCUT2D eigenvalue weighted by Crippen LogP contribution is -2.34. The predicted octanol–water partition coefficient (Wildman–Crippen LogP) is 3.77. The Morgan fingerprint density at radius 1 is 0.892 bits per heavy atom. The maximum absolute atomic E-state index is 13.0. The summed E-state index contributed by atoms with van der Waals surface area (Å²) in [4.78, 5) is 63.5. The van der Waals surface area contributed by atoms with E-state index in [1.165, 1.54) is 42.5 Å². The third kappa shape index (κ3) is 5.78. The lowest BCUT2D eigenvalue weighted by Gasteiger charge is -2.28. The Labute approximate surface area is 223 Å². The zero-order valence-corrected chi connectivity index (χ0v) is 21.3. The van der Waals surface area contributed by atoms with Gasteiger partial charge in [0.15, 0.2) is 6.61 Å². The fourth-order valence-electron chi connectivity index (χ4n) is 4.44. The molecule has 0 unspecified atom stereocenters. The average Bonchev–Trinajstić information content (AvgIpc) is 3.12. The molecule has 37 heavy (non-hydrogen) atoms. The fraction of sp³-hybridized carbons (Fsp3) is 0.346. The van der Waals surface area contributed by atoms with Gasteiger partial charge in [0.25, 0.3) is 5.91 Å². The molecule has 2 aromatic carbocycles. The minimum Gasteiger partial charge on any atom is -0.462 e. The van der Waals surface area contributed by atoms with E-state index in [0.29, 0.717) is 24.1 Å². The van der Waals surface area contributed by atoms with Crippen LogP contribution < -0.4 is 10.2 Å². The van der Waals surface area contributed by atoms with Crippen LogP contribution in [0.2, 0.25) is 0 Å². The lowest BCUT2D eigenvalue weighted by atomic mass is 9.80. The van der Waals surface area contributed by atoms with Crippen molar-refractivity contribution < 1.29 is 33.4 Å². The maximum atomic E-state index is 13.0. The number of imide groups is 1. The monoisotopic (exact) mass is 546 g/mol. The smallest absolute Gasteiger partial charge is 0.338 e. The van der Waals surface area contributed by atoms with Gasteiger partial charge < -0.3 is 14.8 Å². The first-order valence-corrected chi connectivity index (χ1v) is 12.6. The van der Waals surface area contributed by atoms with E-state index in [9.17, 15) is 24.0 Å². The molecule has 1 heterocycles. The van der Waals surface area contributed by atoms with E-state index in [4.69, 9.17) is 32.7 Å². The second kappa shape index (κ2) is 11.3. The normalized spacial score (nSPS) is 22.8. The molecule has 2 aromatic rings. The Hall–Kier alpha value is -3.43. The number of nitrogens with zero attached hydrogens (tertiary/aromatic N) is 1. The maximum Gasteiger partial charge on any atom is 0.338 e. The summed E-state index contributed by atoms with van der Waals surface area (Å²) in [6.45, 7) is 1.38. The number of rotatable bonds is 7. The first-order valence-electron chi connectivity index (χ1n) is 11.7. The number of fused-ring (bicyclic) bond motifs is 1. The van der Waals surface area contributed by atoms with E-state index in [1.807, 2.05) is 0 Å². The molecule has 4 atom stereocenters. The molecule has 0 bridgehead atoms. The lowest BCUT2D eigenvalue weighted by molar-refractivity contribution is -0.122. The van der Waals surface area contributed by atoms with Crippen molar-refractivity contribution in [2.24, 2.45) is 11.8 Å². The number of carbonyl (C=O) groups is 5. The molecule has 1 saturated carbocycles. The van der Waals surface area contributed by atoms with Gasteiger partial charge in [-0.05, 0) is 62.2 Å². The molecule has 0 radical (unpaired) electrons. The van der Waals surface area contributed by atoms with E-state index in [2.05, 4.69) is 5.32 Å². The molecule has 4 rings (SSSR count). The number of hydrogen-bond acceptors (Lipinski definition) is 7. The van der Waals surface area contributed by atoms with Gasteiger partial charge in [0.2, 0.25) is 11.8 Å². The van der Waals surface area contributed by atoms with Gasteiger partial charge in [0.05, 0.1) is 46.0 Å². The molecule has 1 aliphatic carbocycles. The number of halogens is 2. The largest absolute Gasteiger partial charge is 0.462 e. The van der Waals surface area contributed by atoms with Gasteiger partial charge >= 0.3 is 11.9 Å². The van der Waals surface area contributed by atoms with Crippen LogP contribution in [0, 0.1) is 11.8 Å². The van der Waals surface area contributed by atoms with E-state index in [-0.39, 0.29) is 29.7 Å². The van der Waals surface area contributed by atoms with Gasteiger partial charge in [0, 0.05) is 5.69 Å². The molecule has 1 aliphatic heterocycles. The van der Waals surface area contributed by atoms with Crippen molar-refractivity contribution in [3.8, 4) is 0 Å². The van der Waals surface area contributed by atoms with Crippen LogP contribution in [-0.4, -0.2) is 53.6 Å². The van der Waals surface area contributed by atoms with Gasteiger partial charge in [-0.1, -0.05) is 6.07 Å². The third-order valence-electron chi connectivity index (χ3n) is 6.27. The van der Waals surface area contributed by atoms with Gasteiger partial charge in [-0.25, -0.2) is 9.59 Å². The minimum absolute atomic E-state index is 0.0741. The van der Waals surface area contributed by atoms with Crippen molar-refractivity contribution in [2.45, 2.75) is 30.5 Å². The highest BCUT2D eigenvalue weighted by molar-refractivity contribution is 6.31. The second-order valence-electron chi connectivity index (χ2n) is 8.70. The van der Waals surface area contributed by atoms with Gasteiger partial charge in [-0.2, -0.15) is 0 Å². The van der Waals surface area contributed by atoms with Crippen LogP contribution in [0.25, 0.3) is 0 Å². The highest BCUT2D eigenvalue weighted by Gasteiger charge is 2.52. The molecule has 194 valence electrons. The van der Waals surface area contributed by atoms with Crippen LogP contribution in [0.1, 0.15) is 40.5 Å². The summed E-state index contributed by atoms with van der Waals surface area (Å²) in [7, 11) is 0. The fourth-order valence-corrected chi connectivity index (χ4v) is 5.03. The van der Waals surface area contributed by atoms with Crippen molar-refractivity contribution in [3.05, 3.63) is 59.7 Å². The van der Waals surface area contributed by atoms with E-state index in [0.717, 1.165) is 4.90 Å². The second-order valence-corrected chi connectivity index (χ2v) is 9.82. The van der Waals surface area contributed by atoms with E-state index in [1.54, 1.807) is 13.0 Å². The third-order valence-corrected chi connectivity index (χ3v) is 7.36. The Bertz CT molecular complexity index is 1210. The van der Waals surface area contributed by atoms with Crippen LogP contribution in [0.15, 0.2) is 48.5 Å². The summed E-state index contributed by atoms with van der Waals surface area (Å²) in [6.07, 6.45) is 0.619. The summed E-state index contributed by atoms with van der Waals surface area (Å²) in [5.74, 6) is -3.70. The Morgan fingerprint density at radius 3 is 2.08 bits per heavy atom. The number of benzene rings is 2. The van der Waals surface area contributed by atoms with Crippen LogP contribution in [0.5, 0.6) is 0 Å². The molecule has 1 N–H and O–H groups in total. The first kappa shape index (κ1) is 26.6. The topological polar surface area (TPSA) is 119 Å². The molecular formula is C26H24Cl2N2O7. The van der Waals surface area contributed by atoms with E-state index < -0.39 is 47.0 Å². The van der Waals surface area contributed by atoms with E-state index >= 15 is 0 Å². The standard InChI is InChI=1S/C26H24Cl2N2O7/c1-2-36-25(34)14-6-8-16(9-7-14)29-22(31)13-37-26(35)15-4-3-5-17(10-15)30-23(32)18-11-20(27)21(28)12-19(18)24(30)33/h3-10,18-21H,2,11-13H2,1H3,(H,29,31)/t18-,19-,20+,21+/m1/s1. The number of amides is 3. The van der Waals surface area contributed by atoms with Crippen LogP contribution in [0.4, 0.5) is 11.4 Å². The average molecular weight is 547 g/mol. The van der Waals surface area contributed by atoms with Crippen molar-refractivity contribution in [1.82, 2.24) is 0 Å². The molecule has 3 amide bonds. The van der Waals surface area contributed by atoms with Crippen LogP contribution in [0.3, 0.4) is 0 Å². The number of nitrogens with one attached hydrogen (secondary N) is 1. The number of hydrogen-bond donors (Lipinski definition) is 1. The Balaban J connectivity index is 1.36. The Kier molecular flexibility index (Phi) is 8.14. The van der Waals surface area contributed by atoms with Crippen LogP contribution in [-0.2, 0) is 23.9 Å². The van der Waals surface area contributed by atoms with Gasteiger partial charge in [0.1, 0.15) is 0 Å². The summed E-state index contributed by atoms with van der Waals surface area (Å²) >= 11 is 12.4. The summed E-state index contributed by atoms with van der Waals surface area (Å²) in [5, 5.41) is 1.76. The number of alkyl halides is 2. The molecule has 9 nitrogen and oxygen atoms in total. The zero-order chi connectivity index (χ0) is 26.7. The molecule has 0 aromatic heterocycles. The van der Waals surface area contributed by atoms with Crippen molar-refractivity contribution in [2.75, 3.05) is 23.4 Å². The molecule has 2 fully saturated rings. The van der Waals surface area contributed by atoms with Gasteiger partial charge in [-0.15, -0.1) is 23.2 Å². The minimum atomic E-state index is -0.798. The molecule has 11 heteroatoms. The summed E-state index contributed by atoms with van der Waals surface area (Å²) in [6, 6.07) is 12.0. The number of carbonyl (C=O) groups excluding carboxylic acids is 5. The molecular weight excluding hydrogens is 523 g/mol. The number of esters is 2. The predicted molar refractivity (Wildman–Crippen MR) is 136 cm³/mol. The first-order chi connectivity index (χ1) is 17.7. The van der Waals surface area contributed by atoms with Gasteiger partial charge in [-0.3, -0.25) is 19.3 Å². The quantitative estimate of drug-likeness (QED) is 0.319. The van der Waals surface area contributed by atoms with Crippen molar-refractivity contribution in [3.63, 3.8) is 0 Å². The Morgan fingerprint density at radius 2 is 1.49 bits per heavy atom. The zero-order valence-electron chi connectivity index (χ0n) is 19.8. The van der Waals surface area contributed by atoms with Crippen molar-refractivity contribution >= 4 is 64.2 Å². The van der Waals surface area contributed by atoms with Crippen LogP contribution >= 0.6 is 23.2 Å². The molecule has 2 aliphatic rings. The molecule has 0 spiro atoms. The summed E-state index contributed by atoms with van der Waals surface area (Å²) < 4.78 is 10.0. The SMILES string of the molecule is CCOC(=O)c1ccc(NC(=O)COC(=O)c2cccc(N3C(=O)[C@@H]4C[C@H](Cl)[C@@H](Cl)C[C@H]4C3=O)c2)cc1. The number of anilines is 2. The highest BCUT2D eigenvalue weighted by Crippen LogP contribution is 2.43. The van der Waals surface area contributed by atoms with Crippen molar-refractivity contribution in [1.29, 1.82) is 0 Å². The molecule has 1 saturated heterocycles. The highest BCUT2D eigenvalue weighted by atomic mass is 35.5. The summed E-state index contributed by atoms with van der Waals surface area (Å²) in [5.41, 5.74) is 1.06. The number of ether oxygens (including phenoxy) is 2.